The van der Waals surface area contributed by atoms with Crippen molar-refractivity contribution < 1.29 is 38.9 Å². The number of methoxy groups -OCH3 is 2. The highest BCUT2D eigenvalue weighted by Gasteiger charge is 2.52. The molecule has 0 fully saturated rings. The summed E-state index contributed by atoms with van der Waals surface area (Å²) in [4.78, 5) is 62.3. The fraction of sp³-hybridized carbons (Fsp3) is 0.293. The molecular weight excluding hydrogens is 662 g/mol. The highest BCUT2D eigenvalue weighted by Crippen LogP contribution is 2.54. The van der Waals surface area contributed by atoms with E-state index in [4.69, 9.17) is 14.5 Å². The van der Waals surface area contributed by atoms with E-state index in [1.807, 2.05) is 64.1 Å². The van der Waals surface area contributed by atoms with Gasteiger partial charge in [0.25, 0.3) is 0 Å². The van der Waals surface area contributed by atoms with Crippen molar-refractivity contribution in [1.29, 1.82) is 0 Å². The first kappa shape index (κ1) is 35.8. The van der Waals surface area contributed by atoms with Crippen LogP contribution < -0.4 is 0 Å². The molecule has 0 amide bonds. The number of fused-ring (bicyclic) bond motifs is 11. The molecule has 0 spiro atoms. The molecule has 3 aliphatic rings. The average Bonchev–Trinajstić information content (AvgIpc) is 3.76. The number of carbonyl (C=O) groups excluding carboxylic acids is 2. The summed E-state index contributed by atoms with van der Waals surface area (Å²) in [5, 5.41) is 19.2. The van der Waals surface area contributed by atoms with Crippen LogP contribution in [0.25, 0.3) is 44.9 Å². The van der Waals surface area contributed by atoms with Crippen molar-refractivity contribution in [2.75, 3.05) is 14.2 Å². The second-order valence-electron chi connectivity index (χ2n) is 13.5. The van der Waals surface area contributed by atoms with Crippen LogP contribution in [0.3, 0.4) is 0 Å². The number of hydrogen-bond acceptors (Lipinski definition) is 7. The van der Waals surface area contributed by atoms with Crippen molar-refractivity contribution in [2.45, 2.75) is 58.8 Å². The largest absolute Gasteiger partial charge is 0.481 e. The Morgan fingerprint density at radius 3 is 2.15 bits per heavy atom. The van der Waals surface area contributed by atoms with Gasteiger partial charge in [0, 0.05) is 45.9 Å². The summed E-state index contributed by atoms with van der Waals surface area (Å²) < 4.78 is 10.4. The molecule has 11 nitrogen and oxygen atoms in total. The Kier molecular flexibility index (Phi) is 9.39. The molecule has 52 heavy (non-hydrogen) atoms. The molecule has 8 bridgehead atoms. The monoisotopic (exact) mass is 703 g/mol. The topological polar surface area (TPSA) is 172 Å². The van der Waals surface area contributed by atoms with Gasteiger partial charge in [0.05, 0.1) is 31.2 Å². The van der Waals surface area contributed by atoms with Crippen molar-refractivity contribution in [3.63, 3.8) is 0 Å². The number of allylic oxidation sites excluding steroid dienone is 5. The maximum Gasteiger partial charge on any atom is 0.334 e. The number of carboxylic acid groups (broad SMARTS) is 2. The molecule has 1 aliphatic heterocycles. The minimum Gasteiger partial charge on any atom is -0.481 e. The molecule has 0 unspecified atom stereocenters. The second-order valence-corrected chi connectivity index (χ2v) is 13.5. The van der Waals surface area contributed by atoms with E-state index in [9.17, 15) is 29.4 Å². The third kappa shape index (κ3) is 5.95. The summed E-state index contributed by atoms with van der Waals surface area (Å²) in [6.45, 7) is 11.8. The molecule has 3 aromatic rings. The fourth-order valence-corrected chi connectivity index (χ4v) is 7.81. The maximum atomic E-state index is 13.7. The lowest BCUT2D eigenvalue weighted by atomic mass is 9.64. The zero-order chi connectivity index (χ0) is 37.6. The number of aliphatic carboxylic acids is 2. The van der Waals surface area contributed by atoms with Crippen molar-refractivity contribution in [1.82, 2.24) is 15.0 Å². The molecule has 4 heterocycles. The minimum atomic E-state index is -1.08. The quantitative estimate of drug-likeness (QED) is 0.168. The summed E-state index contributed by atoms with van der Waals surface area (Å²) in [5.74, 6) is -4.16. The highest BCUT2D eigenvalue weighted by atomic mass is 16.5. The lowest BCUT2D eigenvalue weighted by molar-refractivity contribution is -0.149. The van der Waals surface area contributed by atoms with Crippen molar-refractivity contribution >= 4 is 68.7 Å². The van der Waals surface area contributed by atoms with E-state index < -0.39 is 35.2 Å². The smallest absolute Gasteiger partial charge is 0.334 e. The number of aryl methyl sites for hydroxylation is 3. The molecule has 11 heteroatoms. The molecule has 3 aromatic heterocycles. The molecule has 0 aromatic carbocycles. The molecular formula is C41H41N3O8. The van der Waals surface area contributed by atoms with E-state index in [-0.39, 0.29) is 31.3 Å². The first-order valence-corrected chi connectivity index (χ1v) is 17.0. The molecule has 0 saturated heterocycles. The van der Waals surface area contributed by atoms with Crippen LogP contribution in [0.15, 0.2) is 54.6 Å². The van der Waals surface area contributed by atoms with Crippen LogP contribution in [-0.4, -0.2) is 63.3 Å². The van der Waals surface area contributed by atoms with Crippen LogP contribution in [-0.2, 0) is 40.5 Å². The Bertz CT molecular complexity index is 2350. The van der Waals surface area contributed by atoms with Crippen LogP contribution in [0, 0.1) is 19.8 Å². The van der Waals surface area contributed by atoms with E-state index in [1.54, 1.807) is 12.2 Å². The molecule has 2 aliphatic carbocycles. The van der Waals surface area contributed by atoms with Crippen LogP contribution in [0.2, 0.25) is 0 Å². The van der Waals surface area contributed by atoms with E-state index in [2.05, 4.69) is 16.5 Å². The number of nitrogens with zero attached hydrogens (tertiary/aromatic N) is 1. The fourth-order valence-electron chi connectivity index (χ4n) is 7.81. The summed E-state index contributed by atoms with van der Waals surface area (Å²) >= 11 is 0. The average molecular weight is 704 g/mol. The van der Waals surface area contributed by atoms with Gasteiger partial charge in [-0.1, -0.05) is 37.8 Å². The van der Waals surface area contributed by atoms with E-state index in [1.165, 1.54) is 14.2 Å². The van der Waals surface area contributed by atoms with Gasteiger partial charge in [0.15, 0.2) is 0 Å². The van der Waals surface area contributed by atoms with Gasteiger partial charge in [-0.15, -0.1) is 0 Å². The normalized spacial score (nSPS) is 17.9. The number of hydrogen-bond donors (Lipinski definition) is 4. The number of aromatic amines is 2. The second kappa shape index (κ2) is 13.6. The zero-order valence-electron chi connectivity index (χ0n) is 30.0. The van der Waals surface area contributed by atoms with Gasteiger partial charge in [-0.2, -0.15) is 0 Å². The molecule has 0 saturated carbocycles. The highest BCUT2D eigenvalue weighted by molar-refractivity contribution is 6.02. The predicted octanol–water partition coefficient (Wildman–Crippen LogP) is 7.24. The molecule has 268 valence electrons. The summed E-state index contributed by atoms with van der Waals surface area (Å²) in [6.07, 6.45) is 5.50. The van der Waals surface area contributed by atoms with Crippen LogP contribution in [0.4, 0.5) is 0 Å². The number of H-pyrrole nitrogens is 2. The number of carboxylic acids is 2. The summed E-state index contributed by atoms with van der Waals surface area (Å²) in [5.41, 5.74) is 10.5. The Balaban J connectivity index is 1.78. The lowest BCUT2D eigenvalue weighted by Crippen LogP contribution is -2.42. The first-order valence-electron chi connectivity index (χ1n) is 17.0. The summed E-state index contributed by atoms with van der Waals surface area (Å²) in [6, 6.07) is 9.72. The van der Waals surface area contributed by atoms with E-state index >= 15 is 0 Å². The minimum absolute atomic E-state index is 0.0926. The van der Waals surface area contributed by atoms with Gasteiger partial charge in [-0.05, 0) is 102 Å². The lowest BCUT2D eigenvalue weighted by Gasteiger charge is -2.38. The van der Waals surface area contributed by atoms with Crippen LogP contribution >= 0.6 is 0 Å². The van der Waals surface area contributed by atoms with Gasteiger partial charge in [0.1, 0.15) is 5.92 Å². The van der Waals surface area contributed by atoms with Gasteiger partial charge < -0.3 is 29.7 Å². The maximum absolute atomic E-state index is 13.7. The van der Waals surface area contributed by atoms with Gasteiger partial charge in [-0.25, -0.2) is 9.78 Å². The third-order valence-corrected chi connectivity index (χ3v) is 10.7. The first-order chi connectivity index (χ1) is 24.7. The van der Waals surface area contributed by atoms with Gasteiger partial charge in [-0.3, -0.25) is 14.4 Å². The third-order valence-electron chi connectivity index (χ3n) is 10.7. The number of nitrogens with one attached hydrogen (secondary N) is 2. The van der Waals surface area contributed by atoms with E-state index in [0.717, 1.165) is 55.6 Å². The molecule has 4 N–H and O–H groups in total. The van der Waals surface area contributed by atoms with Gasteiger partial charge >= 0.3 is 23.9 Å². The predicted molar refractivity (Wildman–Crippen MR) is 199 cm³/mol. The van der Waals surface area contributed by atoms with Crippen molar-refractivity contribution in [3.05, 3.63) is 99.4 Å². The van der Waals surface area contributed by atoms with Crippen LogP contribution in [0.1, 0.15) is 77.9 Å². The Morgan fingerprint density at radius 2 is 1.50 bits per heavy atom. The molecule has 2 atom stereocenters. The SMILES string of the molecule is C=Cc1c(C)c2cc3cc(cc4[nH]c(cc5nc(cc1[nH]2)C(C)=C5CCC(=O)O)c(CCC(=O)O)c4C)[C@@]1(C)C3=CC=C(C(=O)OC)[C@H]1C(=O)OC. The summed E-state index contributed by atoms with van der Waals surface area (Å²) in [7, 11) is 2.56. The standard InChI is InChI=1S/C41H41N3O8/c1-8-25-20(2)30-16-23-15-24(41(5)29(23)12-9-28(39(49)51-6)38(41)40(50)52-7)17-31-21(3)26(10-13-36(45)46)34(43-31)19-35-27(11-14-37(47)48)22(4)32(44-35)18-33(25)42-30/h8-9,12,15-19,38,42-43H,1,10-11,13-14H2,2-7H3,(H,45,46)(H,47,48)/t38-,41-/m0/s1. The Morgan fingerprint density at radius 1 is 0.846 bits per heavy atom. The van der Waals surface area contributed by atoms with Gasteiger partial charge in [0.2, 0.25) is 0 Å². The number of carbonyl (C=O) groups is 4. The number of esters is 2. The van der Waals surface area contributed by atoms with Crippen molar-refractivity contribution in [2.24, 2.45) is 5.92 Å². The number of aromatic nitrogens is 3. The molecule has 6 rings (SSSR count). The van der Waals surface area contributed by atoms with Crippen LogP contribution in [0.5, 0.6) is 0 Å². The number of rotatable bonds is 9. The number of ether oxygens (including phenoxy) is 2. The molecule has 0 radical (unpaired) electrons. The van der Waals surface area contributed by atoms with E-state index in [0.29, 0.717) is 28.0 Å². The Hall–Kier alpha value is -5.97. The zero-order valence-corrected chi connectivity index (χ0v) is 30.0. The Labute approximate surface area is 300 Å². The van der Waals surface area contributed by atoms with Crippen molar-refractivity contribution in [3.8, 4) is 0 Å².